The highest BCUT2D eigenvalue weighted by Crippen LogP contribution is 2.34. The number of hydrogen-bond donors (Lipinski definition) is 1. The van der Waals surface area contributed by atoms with E-state index in [2.05, 4.69) is 24.3 Å². The number of Topliss-reactive ketones (excluding diaryl/α,β-unsaturated/α-hetero) is 1. The molecule has 136 valence electrons. The summed E-state index contributed by atoms with van der Waals surface area (Å²) in [7, 11) is 0. The number of carbonyl (C=O) groups is 2. The number of ketones is 1. The Bertz CT molecular complexity index is 885. The molecule has 1 heterocycles. The molecule has 2 N–H and O–H groups in total. The van der Waals surface area contributed by atoms with Crippen LogP contribution >= 0.6 is 0 Å². The summed E-state index contributed by atoms with van der Waals surface area (Å²) in [6.45, 7) is 4.61. The number of carbonyl (C=O) groups excluding carboxylic acids is 2. The maximum atomic E-state index is 13.3. The Labute approximate surface area is 154 Å². The first-order chi connectivity index (χ1) is 12.4. The van der Waals surface area contributed by atoms with Crippen molar-refractivity contribution in [3.63, 3.8) is 0 Å². The molecule has 26 heavy (non-hydrogen) atoms. The predicted molar refractivity (Wildman–Crippen MR) is 103 cm³/mol. The summed E-state index contributed by atoms with van der Waals surface area (Å²) in [6, 6.07) is 10.4. The molecule has 1 aliphatic carbocycles. The Hall–Kier alpha value is -2.20. The van der Waals surface area contributed by atoms with Crippen LogP contribution in [0.5, 0.6) is 0 Å². The Morgan fingerprint density at radius 3 is 2.58 bits per heavy atom. The van der Waals surface area contributed by atoms with Gasteiger partial charge in [0.1, 0.15) is 0 Å². The van der Waals surface area contributed by atoms with Crippen molar-refractivity contribution in [2.45, 2.75) is 45.1 Å². The lowest BCUT2D eigenvalue weighted by molar-refractivity contribution is -0.137. The predicted octanol–water partition coefficient (Wildman–Crippen LogP) is 3.10. The molecular formula is C22H26N2O2. The van der Waals surface area contributed by atoms with Gasteiger partial charge < -0.3 is 10.6 Å². The molecule has 4 nitrogen and oxygen atoms in total. The number of nitrogens with zero attached hydrogens (tertiary/aromatic N) is 1. The van der Waals surface area contributed by atoms with Gasteiger partial charge in [-0.05, 0) is 61.4 Å². The fourth-order valence-corrected chi connectivity index (χ4v) is 4.46. The van der Waals surface area contributed by atoms with E-state index in [9.17, 15) is 9.59 Å². The van der Waals surface area contributed by atoms with E-state index < -0.39 is 5.54 Å². The molecule has 0 bridgehead atoms. The van der Waals surface area contributed by atoms with Crippen molar-refractivity contribution >= 4 is 22.5 Å². The maximum absolute atomic E-state index is 13.3. The Balaban J connectivity index is 1.65. The van der Waals surface area contributed by atoms with Gasteiger partial charge in [-0.2, -0.15) is 0 Å². The van der Waals surface area contributed by atoms with Crippen molar-refractivity contribution < 1.29 is 9.59 Å². The Kier molecular flexibility index (Phi) is 4.11. The second-order valence-corrected chi connectivity index (χ2v) is 8.29. The number of piperidine rings is 1. The van der Waals surface area contributed by atoms with E-state index in [-0.39, 0.29) is 17.6 Å². The molecule has 1 saturated heterocycles. The normalized spacial score (nSPS) is 19.8. The minimum absolute atomic E-state index is 0.0737. The highest BCUT2D eigenvalue weighted by atomic mass is 16.2. The van der Waals surface area contributed by atoms with Crippen LogP contribution in [-0.4, -0.2) is 35.2 Å². The molecule has 1 aliphatic heterocycles. The average Bonchev–Trinajstić information content (AvgIpc) is 3.05. The molecule has 1 atom stereocenters. The van der Waals surface area contributed by atoms with Crippen LogP contribution < -0.4 is 5.73 Å². The third kappa shape index (κ3) is 2.82. The number of benzene rings is 2. The van der Waals surface area contributed by atoms with E-state index in [1.807, 2.05) is 6.07 Å². The number of rotatable bonds is 3. The fourth-order valence-electron chi connectivity index (χ4n) is 4.46. The van der Waals surface area contributed by atoms with Crippen LogP contribution in [-0.2, 0) is 17.6 Å². The summed E-state index contributed by atoms with van der Waals surface area (Å²) >= 11 is 0. The molecule has 0 spiro atoms. The largest absolute Gasteiger partial charge is 0.340 e. The highest BCUT2D eigenvalue weighted by molar-refractivity contribution is 6.11. The summed E-state index contributed by atoms with van der Waals surface area (Å²) in [5.74, 6) is -0.0585. The Morgan fingerprint density at radius 1 is 1.12 bits per heavy atom. The Morgan fingerprint density at radius 2 is 1.85 bits per heavy atom. The van der Waals surface area contributed by atoms with Crippen LogP contribution in [0.2, 0.25) is 0 Å². The third-order valence-electron chi connectivity index (χ3n) is 5.77. The SMILES string of the molecule is CC(C)(N)C(=O)N1CCCC(C(=O)c2ccc3c4c(cccc24)CC3)C1. The molecule has 1 unspecified atom stereocenters. The molecule has 1 amide bonds. The topological polar surface area (TPSA) is 63.4 Å². The van der Waals surface area contributed by atoms with E-state index in [0.717, 1.165) is 36.6 Å². The van der Waals surface area contributed by atoms with Gasteiger partial charge in [-0.15, -0.1) is 0 Å². The zero-order valence-corrected chi connectivity index (χ0v) is 15.5. The van der Waals surface area contributed by atoms with E-state index in [1.54, 1.807) is 18.7 Å². The van der Waals surface area contributed by atoms with Crippen molar-refractivity contribution in [3.8, 4) is 0 Å². The van der Waals surface area contributed by atoms with Crippen LogP contribution in [0.1, 0.15) is 48.2 Å². The molecule has 1 fully saturated rings. The van der Waals surface area contributed by atoms with Crippen LogP contribution in [0.25, 0.3) is 10.8 Å². The molecular weight excluding hydrogens is 324 g/mol. The van der Waals surface area contributed by atoms with Gasteiger partial charge in [0.25, 0.3) is 0 Å². The van der Waals surface area contributed by atoms with E-state index in [1.165, 1.54) is 16.5 Å². The first-order valence-corrected chi connectivity index (χ1v) is 9.52. The smallest absolute Gasteiger partial charge is 0.242 e. The van der Waals surface area contributed by atoms with Crippen LogP contribution in [0.15, 0.2) is 30.3 Å². The van der Waals surface area contributed by atoms with Crippen LogP contribution in [0.4, 0.5) is 0 Å². The minimum Gasteiger partial charge on any atom is -0.340 e. The van der Waals surface area contributed by atoms with Crippen molar-refractivity contribution in [3.05, 3.63) is 47.0 Å². The van der Waals surface area contributed by atoms with Gasteiger partial charge in [-0.25, -0.2) is 0 Å². The lowest BCUT2D eigenvalue weighted by Gasteiger charge is -2.35. The molecule has 0 saturated carbocycles. The zero-order valence-electron chi connectivity index (χ0n) is 15.5. The number of aryl methyl sites for hydroxylation is 2. The first kappa shape index (κ1) is 17.2. The highest BCUT2D eigenvalue weighted by Gasteiger charge is 2.34. The summed E-state index contributed by atoms with van der Waals surface area (Å²) in [6.07, 6.45) is 3.79. The number of likely N-dealkylation sites (tertiary alicyclic amines) is 1. The molecule has 0 aromatic heterocycles. The summed E-state index contributed by atoms with van der Waals surface area (Å²) in [5.41, 5.74) is 8.58. The summed E-state index contributed by atoms with van der Waals surface area (Å²) in [4.78, 5) is 27.6. The average molecular weight is 350 g/mol. The van der Waals surface area contributed by atoms with Crippen LogP contribution in [0.3, 0.4) is 0 Å². The number of amides is 1. The first-order valence-electron chi connectivity index (χ1n) is 9.52. The van der Waals surface area contributed by atoms with Gasteiger partial charge in [-0.3, -0.25) is 9.59 Å². The third-order valence-corrected chi connectivity index (χ3v) is 5.77. The van der Waals surface area contributed by atoms with Crippen molar-refractivity contribution in [1.29, 1.82) is 0 Å². The zero-order chi connectivity index (χ0) is 18.5. The second kappa shape index (κ2) is 6.20. The molecule has 4 rings (SSSR count). The van der Waals surface area contributed by atoms with E-state index >= 15 is 0 Å². The van der Waals surface area contributed by atoms with Gasteiger partial charge in [0, 0.05) is 24.6 Å². The lowest BCUT2D eigenvalue weighted by atomic mass is 9.86. The van der Waals surface area contributed by atoms with Crippen LogP contribution in [0, 0.1) is 5.92 Å². The van der Waals surface area contributed by atoms with Gasteiger partial charge in [-0.1, -0.05) is 30.3 Å². The number of nitrogens with two attached hydrogens (primary N) is 1. The van der Waals surface area contributed by atoms with Gasteiger partial charge in [0.05, 0.1) is 5.54 Å². The summed E-state index contributed by atoms with van der Waals surface area (Å²) in [5, 5.41) is 2.34. The molecule has 4 heteroatoms. The lowest BCUT2D eigenvalue weighted by Crippen LogP contribution is -2.54. The number of hydrogen-bond acceptors (Lipinski definition) is 3. The molecule has 2 aliphatic rings. The minimum atomic E-state index is -0.896. The van der Waals surface area contributed by atoms with Gasteiger partial charge in [0.2, 0.25) is 5.91 Å². The van der Waals surface area contributed by atoms with Crippen molar-refractivity contribution in [1.82, 2.24) is 4.90 Å². The molecule has 2 aromatic rings. The van der Waals surface area contributed by atoms with Gasteiger partial charge in [0.15, 0.2) is 5.78 Å². The maximum Gasteiger partial charge on any atom is 0.242 e. The standard InChI is InChI=1S/C22H26N2O2/c1-22(2,23)21(26)24-12-4-6-16(13-24)20(25)18-11-10-15-9-8-14-5-3-7-17(18)19(14)15/h3,5,7,10-11,16H,4,6,8-9,12-13,23H2,1-2H3. The second-order valence-electron chi connectivity index (χ2n) is 8.29. The van der Waals surface area contributed by atoms with E-state index in [4.69, 9.17) is 5.73 Å². The summed E-state index contributed by atoms with van der Waals surface area (Å²) < 4.78 is 0. The van der Waals surface area contributed by atoms with Crippen molar-refractivity contribution in [2.75, 3.05) is 13.1 Å². The monoisotopic (exact) mass is 350 g/mol. The molecule has 2 aromatic carbocycles. The quantitative estimate of drug-likeness (QED) is 0.865. The van der Waals surface area contributed by atoms with E-state index in [0.29, 0.717) is 13.1 Å². The van der Waals surface area contributed by atoms with Crippen molar-refractivity contribution in [2.24, 2.45) is 11.7 Å². The van der Waals surface area contributed by atoms with Gasteiger partial charge >= 0.3 is 0 Å². The molecule has 0 radical (unpaired) electrons. The fraction of sp³-hybridized carbons (Fsp3) is 0.455.